The van der Waals surface area contributed by atoms with Gasteiger partial charge in [-0.2, -0.15) is 0 Å². The summed E-state index contributed by atoms with van der Waals surface area (Å²) < 4.78 is 31.4. The predicted octanol–water partition coefficient (Wildman–Crippen LogP) is 4.38. The summed E-state index contributed by atoms with van der Waals surface area (Å²) in [6, 6.07) is 20.6. The minimum Gasteiger partial charge on any atom is -0.496 e. The van der Waals surface area contributed by atoms with Gasteiger partial charge in [0.15, 0.2) is 0 Å². The highest BCUT2D eigenvalue weighted by molar-refractivity contribution is 7.75. The zero-order valence-electron chi connectivity index (χ0n) is 14.6. The van der Waals surface area contributed by atoms with Gasteiger partial charge in [-0.25, -0.2) is 0 Å². The van der Waals surface area contributed by atoms with Gasteiger partial charge in [-0.15, -0.1) is 0 Å². The summed E-state index contributed by atoms with van der Waals surface area (Å²) in [6.45, 7) is 2.44. The Bertz CT molecular complexity index is 1010. The van der Waals surface area contributed by atoms with E-state index in [-0.39, 0.29) is 0 Å². The molecule has 1 aliphatic heterocycles. The molecule has 3 aromatic carbocycles. The molecule has 0 bridgehead atoms. The number of fused-ring (bicyclic) bond motifs is 3. The van der Waals surface area contributed by atoms with E-state index in [0.717, 1.165) is 11.1 Å². The van der Waals surface area contributed by atoms with Crippen molar-refractivity contribution in [2.75, 3.05) is 13.7 Å². The summed E-state index contributed by atoms with van der Waals surface area (Å²) in [7, 11) is -1.83. The molecule has 1 heterocycles. The molecular weight excluding hydrogens is 347 g/mol. The lowest BCUT2D eigenvalue weighted by atomic mass is 10.0. The molecule has 0 N–H and O–H groups in total. The smallest absolute Gasteiger partial charge is 0.311 e. The van der Waals surface area contributed by atoms with Gasteiger partial charge in [0.05, 0.1) is 24.3 Å². The lowest BCUT2D eigenvalue weighted by Gasteiger charge is -2.29. The van der Waals surface area contributed by atoms with E-state index in [2.05, 4.69) is 0 Å². The Hall–Kier alpha value is -2.71. The highest BCUT2D eigenvalue weighted by Gasteiger charge is 2.40. The number of para-hydroxylation sites is 1. The molecule has 4 nitrogen and oxygen atoms in total. The summed E-state index contributed by atoms with van der Waals surface area (Å²) in [5, 5.41) is 1.18. The van der Waals surface area contributed by atoms with Crippen LogP contribution >= 0.6 is 7.37 Å². The Kier molecular flexibility index (Phi) is 4.21. The first-order valence-electron chi connectivity index (χ1n) is 8.47. The third kappa shape index (κ3) is 2.58. The van der Waals surface area contributed by atoms with Crippen LogP contribution < -0.4 is 24.6 Å². The van der Waals surface area contributed by atoms with E-state index < -0.39 is 7.37 Å². The Morgan fingerprint density at radius 2 is 1.65 bits per heavy atom. The fraction of sp³-hybridized carbons (Fsp3) is 0.143. The van der Waals surface area contributed by atoms with Crippen LogP contribution in [0.25, 0.3) is 11.1 Å². The normalized spacial score (nSPS) is 17.6. The zero-order valence-corrected chi connectivity index (χ0v) is 15.5. The van der Waals surface area contributed by atoms with Crippen LogP contribution in [0.3, 0.4) is 0 Å². The molecule has 0 saturated heterocycles. The maximum Gasteiger partial charge on any atom is 0.311 e. The van der Waals surface area contributed by atoms with Crippen LogP contribution in [0.2, 0.25) is 0 Å². The minimum atomic E-state index is -3.40. The number of hydrogen-bond donors (Lipinski definition) is 0. The van der Waals surface area contributed by atoms with E-state index in [1.54, 1.807) is 19.2 Å². The van der Waals surface area contributed by atoms with Crippen molar-refractivity contribution in [2.45, 2.75) is 6.92 Å². The second-order valence-corrected chi connectivity index (χ2v) is 8.17. The molecule has 0 saturated carbocycles. The number of benzene rings is 3. The van der Waals surface area contributed by atoms with Crippen molar-refractivity contribution >= 4 is 18.0 Å². The number of ether oxygens (including phenoxy) is 2. The summed E-state index contributed by atoms with van der Waals surface area (Å²) >= 11 is 0. The molecule has 1 atom stereocenters. The van der Waals surface area contributed by atoms with Crippen LogP contribution in [-0.2, 0) is 4.57 Å². The van der Waals surface area contributed by atoms with E-state index in [1.165, 1.54) is 0 Å². The summed E-state index contributed by atoms with van der Waals surface area (Å²) in [6.07, 6.45) is 0. The van der Waals surface area contributed by atoms with E-state index in [1.807, 2.05) is 61.5 Å². The first-order valence-corrected chi connectivity index (χ1v) is 10.1. The monoisotopic (exact) mass is 366 g/mol. The predicted molar refractivity (Wildman–Crippen MR) is 104 cm³/mol. The van der Waals surface area contributed by atoms with Crippen molar-refractivity contribution in [1.82, 2.24) is 0 Å². The standard InChI is InChI=1S/C21H19O4P/c1-3-24-15-12-13-19(23-2)21(14-15)26(22)20-11-7-5-9-17(20)16-8-4-6-10-18(16)25-26/h4-14H,3H2,1-2H3. The van der Waals surface area contributed by atoms with Gasteiger partial charge < -0.3 is 14.0 Å². The van der Waals surface area contributed by atoms with Gasteiger partial charge in [0.25, 0.3) is 0 Å². The topological polar surface area (TPSA) is 44.8 Å². The van der Waals surface area contributed by atoms with Gasteiger partial charge >= 0.3 is 7.37 Å². The van der Waals surface area contributed by atoms with Crippen molar-refractivity contribution in [3.63, 3.8) is 0 Å². The highest BCUT2D eigenvalue weighted by Crippen LogP contribution is 2.55. The van der Waals surface area contributed by atoms with Crippen LogP contribution in [-0.4, -0.2) is 13.7 Å². The maximum atomic E-state index is 14.2. The Morgan fingerprint density at radius 3 is 2.42 bits per heavy atom. The second kappa shape index (κ2) is 6.54. The first kappa shape index (κ1) is 16.7. The fourth-order valence-corrected chi connectivity index (χ4v) is 5.69. The average molecular weight is 366 g/mol. The van der Waals surface area contributed by atoms with E-state index in [9.17, 15) is 4.57 Å². The Balaban J connectivity index is 1.98. The van der Waals surface area contributed by atoms with Crippen LogP contribution in [0.1, 0.15) is 6.92 Å². The molecule has 0 amide bonds. The zero-order chi connectivity index (χ0) is 18.1. The fourth-order valence-electron chi connectivity index (χ4n) is 3.25. The van der Waals surface area contributed by atoms with Crippen molar-refractivity contribution in [3.8, 4) is 28.4 Å². The summed E-state index contributed by atoms with van der Waals surface area (Å²) in [5.74, 6) is 1.77. The first-order chi connectivity index (χ1) is 12.7. The summed E-state index contributed by atoms with van der Waals surface area (Å²) in [5.41, 5.74) is 1.86. The maximum absolute atomic E-state index is 14.2. The van der Waals surface area contributed by atoms with Gasteiger partial charge in [0.2, 0.25) is 0 Å². The molecule has 1 aliphatic rings. The van der Waals surface area contributed by atoms with E-state index >= 15 is 0 Å². The van der Waals surface area contributed by atoms with E-state index in [4.69, 9.17) is 14.0 Å². The van der Waals surface area contributed by atoms with Crippen LogP contribution in [0.5, 0.6) is 17.2 Å². The van der Waals surface area contributed by atoms with Gasteiger partial charge in [0, 0.05) is 5.56 Å². The Labute approximate surface area is 152 Å². The lowest BCUT2D eigenvalue weighted by Crippen LogP contribution is -2.26. The van der Waals surface area contributed by atoms with E-state index in [0.29, 0.717) is 34.5 Å². The summed E-state index contributed by atoms with van der Waals surface area (Å²) in [4.78, 5) is 0. The molecule has 5 heteroatoms. The van der Waals surface area contributed by atoms with Crippen molar-refractivity contribution in [1.29, 1.82) is 0 Å². The number of hydrogen-bond acceptors (Lipinski definition) is 4. The largest absolute Gasteiger partial charge is 0.496 e. The van der Waals surface area contributed by atoms with Gasteiger partial charge in [-0.05, 0) is 42.8 Å². The molecule has 0 fully saturated rings. The van der Waals surface area contributed by atoms with Crippen molar-refractivity contribution in [2.24, 2.45) is 0 Å². The van der Waals surface area contributed by atoms with Gasteiger partial charge in [-0.1, -0.05) is 36.4 Å². The van der Waals surface area contributed by atoms with Crippen LogP contribution in [0.15, 0.2) is 66.7 Å². The van der Waals surface area contributed by atoms with Gasteiger partial charge in [0.1, 0.15) is 17.2 Å². The molecule has 132 valence electrons. The molecule has 1 unspecified atom stereocenters. The van der Waals surface area contributed by atoms with Gasteiger partial charge in [-0.3, -0.25) is 4.57 Å². The van der Waals surface area contributed by atoms with Crippen LogP contribution in [0.4, 0.5) is 0 Å². The molecule has 0 aliphatic carbocycles. The molecule has 26 heavy (non-hydrogen) atoms. The average Bonchev–Trinajstić information content (AvgIpc) is 2.68. The highest BCUT2D eigenvalue weighted by atomic mass is 31.2. The lowest BCUT2D eigenvalue weighted by molar-refractivity contribution is 0.339. The molecule has 0 spiro atoms. The third-order valence-corrected chi connectivity index (χ3v) is 6.87. The van der Waals surface area contributed by atoms with Crippen molar-refractivity contribution < 1.29 is 18.6 Å². The SMILES string of the molecule is CCOc1ccc(OC)c(P2(=O)Oc3ccccc3-c3ccccc32)c1. The number of rotatable bonds is 4. The molecular formula is C21H19O4P. The molecule has 0 radical (unpaired) electrons. The second-order valence-electron chi connectivity index (χ2n) is 5.92. The number of methoxy groups -OCH3 is 1. The molecule has 4 rings (SSSR count). The minimum absolute atomic E-state index is 0.507. The van der Waals surface area contributed by atoms with Crippen LogP contribution in [0, 0.1) is 0 Å². The molecule has 3 aromatic rings. The molecule has 0 aromatic heterocycles. The quantitative estimate of drug-likeness (QED) is 0.643. The third-order valence-electron chi connectivity index (χ3n) is 4.40. The Morgan fingerprint density at radius 1 is 0.923 bits per heavy atom. The van der Waals surface area contributed by atoms with Crippen molar-refractivity contribution in [3.05, 3.63) is 66.7 Å².